The Labute approximate surface area is 176 Å². The highest BCUT2D eigenvalue weighted by Crippen LogP contribution is 2.47. The highest BCUT2D eigenvalue weighted by Gasteiger charge is 2.43. The van der Waals surface area contributed by atoms with E-state index in [0.717, 1.165) is 36.3 Å². The van der Waals surface area contributed by atoms with Crippen LogP contribution in [-0.2, 0) is 10.0 Å². The van der Waals surface area contributed by atoms with Crippen LogP contribution >= 0.6 is 0 Å². The molecular formula is C21H27N5O3S. The van der Waals surface area contributed by atoms with Gasteiger partial charge in [0.2, 0.25) is 10.0 Å². The van der Waals surface area contributed by atoms with Gasteiger partial charge >= 0.3 is 0 Å². The van der Waals surface area contributed by atoms with Gasteiger partial charge in [-0.2, -0.15) is 0 Å². The zero-order chi connectivity index (χ0) is 21.3. The van der Waals surface area contributed by atoms with E-state index in [-0.39, 0.29) is 28.8 Å². The monoisotopic (exact) mass is 429 g/mol. The van der Waals surface area contributed by atoms with Crippen LogP contribution in [0.5, 0.6) is 0 Å². The molecule has 1 aromatic carbocycles. The average Bonchev–Trinajstić information content (AvgIpc) is 3.38. The van der Waals surface area contributed by atoms with Crippen molar-refractivity contribution in [2.75, 3.05) is 0 Å². The smallest absolute Gasteiger partial charge is 0.240 e. The van der Waals surface area contributed by atoms with Crippen LogP contribution in [0.25, 0.3) is 0 Å². The van der Waals surface area contributed by atoms with Gasteiger partial charge in [0.05, 0.1) is 10.6 Å². The lowest BCUT2D eigenvalue weighted by Crippen LogP contribution is -2.47. The van der Waals surface area contributed by atoms with E-state index in [9.17, 15) is 8.42 Å². The Bertz CT molecular complexity index is 1060. The lowest BCUT2D eigenvalue weighted by Gasteiger charge is -2.43. The van der Waals surface area contributed by atoms with Crippen molar-refractivity contribution in [2.24, 2.45) is 5.92 Å². The number of aryl methyl sites for hydroxylation is 2. The van der Waals surface area contributed by atoms with Crippen molar-refractivity contribution in [3.05, 3.63) is 60.0 Å². The van der Waals surface area contributed by atoms with E-state index in [1.807, 2.05) is 24.5 Å². The molecule has 9 heteroatoms. The van der Waals surface area contributed by atoms with E-state index < -0.39 is 10.0 Å². The molecule has 8 nitrogen and oxygen atoms in total. The lowest BCUT2D eigenvalue weighted by atomic mass is 9.70. The normalized spacial score (nSPS) is 24.8. The molecule has 2 unspecified atom stereocenters. The van der Waals surface area contributed by atoms with E-state index in [4.69, 9.17) is 4.52 Å². The summed E-state index contributed by atoms with van der Waals surface area (Å²) in [5.41, 5.74) is 1.99. The third kappa shape index (κ3) is 3.79. The number of nitrogens with one attached hydrogen (secondary N) is 1. The van der Waals surface area contributed by atoms with Crippen LogP contribution in [0.3, 0.4) is 0 Å². The zero-order valence-electron chi connectivity index (χ0n) is 17.4. The molecule has 1 aliphatic carbocycles. The minimum Gasteiger partial charge on any atom is -0.361 e. The quantitative estimate of drug-likeness (QED) is 0.644. The summed E-state index contributed by atoms with van der Waals surface area (Å²) in [7, 11) is -3.60. The first-order valence-electron chi connectivity index (χ1n) is 10.3. The predicted octanol–water partition coefficient (Wildman–Crippen LogP) is 3.37. The third-order valence-electron chi connectivity index (χ3n) is 6.23. The van der Waals surface area contributed by atoms with Crippen LogP contribution in [0, 0.1) is 19.8 Å². The van der Waals surface area contributed by atoms with E-state index in [1.165, 1.54) is 0 Å². The number of hydrogen-bond acceptors (Lipinski definition) is 6. The largest absolute Gasteiger partial charge is 0.361 e. The molecule has 1 aliphatic rings. The summed E-state index contributed by atoms with van der Waals surface area (Å²) < 4.78 is 36.4. The Morgan fingerprint density at radius 1 is 1.13 bits per heavy atom. The molecule has 4 atom stereocenters. The molecule has 30 heavy (non-hydrogen) atoms. The third-order valence-corrected chi connectivity index (χ3v) is 7.73. The number of nitrogens with zero attached hydrogens (tertiary/aromatic N) is 4. The molecule has 4 rings (SSSR count). The molecule has 0 amide bonds. The average molecular weight is 430 g/mol. The molecular weight excluding hydrogens is 402 g/mol. The van der Waals surface area contributed by atoms with Crippen LogP contribution in [0.2, 0.25) is 0 Å². The summed E-state index contributed by atoms with van der Waals surface area (Å²) in [6.07, 6.45) is 5.78. The van der Waals surface area contributed by atoms with Gasteiger partial charge in [0.25, 0.3) is 0 Å². The summed E-state index contributed by atoms with van der Waals surface area (Å²) >= 11 is 0. The Kier molecular flexibility index (Phi) is 5.75. The molecule has 1 saturated carbocycles. The van der Waals surface area contributed by atoms with Gasteiger partial charge in [-0.3, -0.25) is 0 Å². The van der Waals surface area contributed by atoms with Crippen molar-refractivity contribution in [1.82, 2.24) is 24.6 Å². The zero-order valence-corrected chi connectivity index (χ0v) is 18.2. The number of hydrogen-bond donors (Lipinski definition) is 1. The molecule has 0 spiro atoms. The van der Waals surface area contributed by atoms with Crippen molar-refractivity contribution in [3.8, 4) is 0 Å². The summed E-state index contributed by atoms with van der Waals surface area (Å²) in [4.78, 5) is 0.286. The molecule has 0 saturated heterocycles. The Morgan fingerprint density at radius 2 is 1.83 bits per heavy atom. The highest BCUT2D eigenvalue weighted by atomic mass is 32.2. The van der Waals surface area contributed by atoms with Gasteiger partial charge in [-0.1, -0.05) is 30.3 Å². The fraction of sp³-hybridized carbons (Fsp3) is 0.476. The van der Waals surface area contributed by atoms with Crippen molar-refractivity contribution in [3.63, 3.8) is 0 Å². The van der Waals surface area contributed by atoms with Crippen molar-refractivity contribution in [2.45, 2.75) is 62.9 Å². The second-order valence-electron chi connectivity index (χ2n) is 7.93. The van der Waals surface area contributed by atoms with Gasteiger partial charge in [-0.15, -0.1) is 10.2 Å². The SMILES string of the molecule is CCC1[C@H](n2cnnc2)C(c2c(C)noc2C)CC[C@@H]1NS(=O)(=O)c1ccccc1. The number of benzene rings is 1. The van der Waals surface area contributed by atoms with Crippen LogP contribution in [0.4, 0.5) is 0 Å². The molecule has 3 aromatic rings. The standard InChI is InChI=1S/C21H27N5O3S/c1-4-17-19(25-30(27,28)16-8-6-5-7-9-16)11-10-18(20-14(2)24-29-15(20)3)21(17)26-12-22-23-13-26/h5-9,12-13,17-19,21,25H,4,10-11H2,1-3H3/t17?,18?,19-,21-/m0/s1. The predicted molar refractivity (Wildman–Crippen MR) is 111 cm³/mol. The summed E-state index contributed by atoms with van der Waals surface area (Å²) in [6.45, 7) is 5.99. The van der Waals surface area contributed by atoms with Gasteiger partial charge in [0.15, 0.2) is 0 Å². The van der Waals surface area contributed by atoms with Gasteiger partial charge in [0, 0.05) is 23.6 Å². The maximum absolute atomic E-state index is 13.0. The fourth-order valence-electron chi connectivity index (χ4n) is 4.95. The molecule has 0 aliphatic heterocycles. The summed E-state index contributed by atoms with van der Waals surface area (Å²) in [5, 5.41) is 12.2. The molecule has 2 heterocycles. The molecule has 1 fully saturated rings. The van der Waals surface area contributed by atoms with Gasteiger partial charge in [-0.05, 0) is 51.2 Å². The first-order chi connectivity index (χ1) is 14.4. The second-order valence-corrected chi connectivity index (χ2v) is 9.65. The molecule has 0 radical (unpaired) electrons. The van der Waals surface area contributed by atoms with Crippen molar-refractivity contribution >= 4 is 10.0 Å². The highest BCUT2D eigenvalue weighted by molar-refractivity contribution is 7.89. The van der Waals surface area contributed by atoms with Gasteiger partial charge in [-0.25, -0.2) is 13.1 Å². The van der Waals surface area contributed by atoms with Crippen LogP contribution in [0.1, 0.15) is 55.2 Å². The number of sulfonamides is 1. The first-order valence-corrected chi connectivity index (χ1v) is 11.7. The molecule has 0 bridgehead atoms. The van der Waals surface area contributed by atoms with Crippen LogP contribution < -0.4 is 4.72 Å². The first kappa shape index (κ1) is 20.7. The molecule has 2 aromatic heterocycles. The van der Waals surface area contributed by atoms with Crippen LogP contribution in [-0.4, -0.2) is 34.4 Å². The number of aromatic nitrogens is 4. The maximum Gasteiger partial charge on any atom is 0.240 e. The van der Waals surface area contributed by atoms with E-state index in [0.29, 0.717) is 0 Å². The molecule has 160 valence electrons. The topological polar surface area (TPSA) is 103 Å². The van der Waals surface area contributed by atoms with Crippen LogP contribution in [0.15, 0.2) is 52.4 Å². The van der Waals surface area contributed by atoms with Crippen molar-refractivity contribution < 1.29 is 12.9 Å². The van der Waals surface area contributed by atoms with Gasteiger partial charge in [0.1, 0.15) is 18.4 Å². The second kappa shape index (κ2) is 8.31. The Hall–Kier alpha value is -2.52. The van der Waals surface area contributed by atoms with E-state index in [1.54, 1.807) is 36.9 Å². The molecule has 1 N–H and O–H groups in total. The minimum absolute atomic E-state index is 0.000904. The number of rotatable bonds is 6. The Morgan fingerprint density at radius 3 is 2.43 bits per heavy atom. The summed E-state index contributed by atoms with van der Waals surface area (Å²) in [5.74, 6) is 1.02. The Balaban J connectivity index is 1.70. The maximum atomic E-state index is 13.0. The van der Waals surface area contributed by atoms with E-state index >= 15 is 0 Å². The minimum atomic E-state index is -3.60. The summed E-state index contributed by atoms with van der Waals surface area (Å²) in [6, 6.07) is 8.33. The van der Waals surface area contributed by atoms with Gasteiger partial charge < -0.3 is 9.09 Å². The lowest BCUT2D eigenvalue weighted by molar-refractivity contribution is 0.162. The fourth-order valence-corrected chi connectivity index (χ4v) is 6.29. The van der Waals surface area contributed by atoms with E-state index in [2.05, 4.69) is 27.0 Å². The van der Waals surface area contributed by atoms with Crippen molar-refractivity contribution in [1.29, 1.82) is 0 Å².